The number of halogens is 3. The molecule has 0 aliphatic carbocycles. The summed E-state index contributed by atoms with van der Waals surface area (Å²) >= 11 is 15.1. The molecule has 2 aromatic carbocycles. The highest BCUT2D eigenvalue weighted by atomic mass is 79.9. The van der Waals surface area contributed by atoms with Crippen LogP contribution in [0, 0.1) is 0 Å². The molecule has 0 aromatic heterocycles. The van der Waals surface area contributed by atoms with Crippen LogP contribution in [0.2, 0.25) is 10.0 Å². The van der Waals surface area contributed by atoms with E-state index < -0.39 is 0 Å². The fraction of sp³-hybridized carbons (Fsp3) is 0.133. The first-order valence-electron chi connectivity index (χ1n) is 5.98. The Hall–Kier alpha value is -1.03. The molecule has 5 heteroatoms. The van der Waals surface area contributed by atoms with Crippen LogP contribution >= 0.6 is 39.1 Å². The van der Waals surface area contributed by atoms with Crippen molar-refractivity contribution in [3.63, 3.8) is 0 Å². The van der Waals surface area contributed by atoms with Crippen LogP contribution in [0.1, 0.15) is 28.9 Å². The van der Waals surface area contributed by atoms with E-state index in [-0.39, 0.29) is 11.9 Å². The fourth-order valence-corrected chi connectivity index (χ4v) is 2.79. The zero-order chi connectivity index (χ0) is 14.7. The Labute approximate surface area is 136 Å². The first kappa shape index (κ1) is 15.4. The number of benzene rings is 2. The number of rotatable bonds is 3. The molecule has 1 atom stereocenters. The lowest BCUT2D eigenvalue weighted by Crippen LogP contribution is -2.26. The van der Waals surface area contributed by atoms with Crippen LogP contribution < -0.4 is 5.32 Å². The molecule has 1 unspecified atom stereocenters. The average Bonchev–Trinajstić information content (AvgIpc) is 2.38. The van der Waals surface area contributed by atoms with E-state index >= 15 is 0 Å². The molecule has 0 spiro atoms. The minimum atomic E-state index is -0.171. The van der Waals surface area contributed by atoms with Crippen LogP contribution in [0.4, 0.5) is 0 Å². The van der Waals surface area contributed by atoms with E-state index in [4.69, 9.17) is 23.2 Å². The van der Waals surface area contributed by atoms with E-state index in [9.17, 15) is 4.79 Å². The summed E-state index contributed by atoms with van der Waals surface area (Å²) in [7, 11) is 0. The van der Waals surface area contributed by atoms with Crippen molar-refractivity contribution in [2.24, 2.45) is 0 Å². The van der Waals surface area contributed by atoms with Crippen molar-refractivity contribution >= 4 is 45.0 Å². The van der Waals surface area contributed by atoms with Gasteiger partial charge in [0.05, 0.1) is 6.04 Å². The molecule has 0 aliphatic rings. The van der Waals surface area contributed by atoms with Crippen molar-refractivity contribution < 1.29 is 4.79 Å². The molecule has 1 amide bonds. The van der Waals surface area contributed by atoms with E-state index in [1.54, 1.807) is 30.3 Å². The molecule has 2 nitrogen and oxygen atoms in total. The van der Waals surface area contributed by atoms with Crippen molar-refractivity contribution in [1.82, 2.24) is 5.32 Å². The molecule has 2 rings (SSSR count). The molecule has 0 bridgehead atoms. The molecule has 2 aromatic rings. The van der Waals surface area contributed by atoms with Gasteiger partial charge in [-0.3, -0.25) is 4.79 Å². The van der Waals surface area contributed by atoms with Gasteiger partial charge in [0.15, 0.2) is 0 Å². The van der Waals surface area contributed by atoms with Crippen LogP contribution in [0.15, 0.2) is 46.9 Å². The van der Waals surface area contributed by atoms with Crippen LogP contribution in [0.3, 0.4) is 0 Å². The Bertz CT molecular complexity index is 608. The molecule has 0 radical (unpaired) electrons. The van der Waals surface area contributed by atoms with Crippen molar-refractivity contribution in [1.29, 1.82) is 0 Å². The highest BCUT2D eigenvalue weighted by Gasteiger charge is 2.12. The maximum Gasteiger partial charge on any atom is 0.251 e. The Balaban J connectivity index is 2.12. The van der Waals surface area contributed by atoms with Gasteiger partial charge in [0, 0.05) is 20.1 Å². The van der Waals surface area contributed by atoms with Crippen LogP contribution in [-0.4, -0.2) is 5.91 Å². The van der Waals surface area contributed by atoms with Gasteiger partial charge in [-0.2, -0.15) is 0 Å². The Morgan fingerprint density at radius 2 is 1.75 bits per heavy atom. The first-order valence-corrected chi connectivity index (χ1v) is 7.53. The molecular formula is C15H12BrCl2NO. The number of amides is 1. The summed E-state index contributed by atoms with van der Waals surface area (Å²) in [6, 6.07) is 12.4. The van der Waals surface area contributed by atoms with E-state index in [1.165, 1.54) is 0 Å². The second kappa shape index (κ2) is 6.61. The summed E-state index contributed by atoms with van der Waals surface area (Å²) in [5.74, 6) is -0.171. The summed E-state index contributed by atoms with van der Waals surface area (Å²) in [6.07, 6.45) is 0. The Morgan fingerprint density at radius 3 is 2.35 bits per heavy atom. The average molecular weight is 373 g/mol. The first-order chi connectivity index (χ1) is 9.45. The van der Waals surface area contributed by atoms with Crippen molar-refractivity contribution in [3.05, 3.63) is 68.1 Å². The van der Waals surface area contributed by atoms with E-state index in [2.05, 4.69) is 21.2 Å². The molecular weight excluding hydrogens is 361 g/mol. The minimum Gasteiger partial charge on any atom is -0.346 e. The van der Waals surface area contributed by atoms with Gasteiger partial charge in [0.25, 0.3) is 5.91 Å². The summed E-state index contributed by atoms with van der Waals surface area (Å²) in [5, 5.41) is 4.11. The largest absolute Gasteiger partial charge is 0.346 e. The third kappa shape index (κ3) is 3.98. The van der Waals surface area contributed by atoms with Crippen LogP contribution in [-0.2, 0) is 0 Å². The fourth-order valence-electron chi connectivity index (χ4n) is 1.80. The molecule has 0 saturated heterocycles. The monoisotopic (exact) mass is 371 g/mol. The second-order valence-corrected chi connectivity index (χ2v) is 6.19. The molecule has 104 valence electrons. The lowest BCUT2D eigenvalue weighted by Gasteiger charge is -2.14. The Morgan fingerprint density at radius 1 is 1.10 bits per heavy atom. The van der Waals surface area contributed by atoms with Crippen LogP contribution in [0.5, 0.6) is 0 Å². The van der Waals surface area contributed by atoms with Gasteiger partial charge in [0.1, 0.15) is 0 Å². The predicted molar refractivity (Wildman–Crippen MR) is 86.5 cm³/mol. The minimum absolute atomic E-state index is 0.113. The summed E-state index contributed by atoms with van der Waals surface area (Å²) in [4.78, 5) is 12.2. The molecule has 0 saturated carbocycles. The molecule has 0 fully saturated rings. The number of nitrogens with one attached hydrogen (secondary N) is 1. The molecule has 0 aliphatic heterocycles. The maximum absolute atomic E-state index is 12.2. The summed E-state index contributed by atoms with van der Waals surface area (Å²) in [5.41, 5.74) is 1.51. The van der Waals surface area contributed by atoms with Crippen molar-refractivity contribution in [3.8, 4) is 0 Å². The molecule has 0 heterocycles. The summed E-state index contributed by atoms with van der Waals surface area (Å²) < 4.78 is 0.772. The highest BCUT2D eigenvalue weighted by Crippen LogP contribution is 2.21. The SMILES string of the molecule is CC(NC(=O)c1cc(Cl)cc(Br)c1)c1ccc(Cl)cc1. The zero-order valence-electron chi connectivity index (χ0n) is 10.7. The van der Waals surface area contributed by atoms with Gasteiger partial charge in [0.2, 0.25) is 0 Å². The topological polar surface area (TPSA) is 29.1 Å². The zero-order valence-corrected chi connectivity index (χ0v) is 13.8. The normalized spacial score (nSPS) is 12.0. The predicted octanol–water partition coefficient (Wildman–Crippen LogP) is 5.25. The molecule has 20 heavy (non-hydrogen) atoms. The number of carbonyl (C=O) groups excluding carboxylic acids is 1. The van der Waals surface area contributed by atoms with Crippen LogP contribution in [0.25, 0.3) is 0 Å². The van der Waals surface area contributed by atoms with Gasteiger partial charge in [-0.15, -0.1) is 0 Å². The quantitative estimate of drug-likeness (QED) is 0.783. The number of hydrogen-bond donors (Lipinski definition) is 1. The standard InChI is InChI=1S/C15H12BrCl2NO/c1-9(10-2-4-13(17)5-3-10)19-15(20)11-6-12(16)8-14(18)7-11/h2-9H,1H3,(H,19,20). The number of hydrogen-bond acceptors (Lipinski definition) is 1. The smallest absolute Gasteiger partial charge is 0.251 e. The van der Waals surface area contributed by atoms with Gasteiger partial charge in [-0.05, 0) is 42.8 Å². The highest BCUT2D eigenvalue weighted by molar-refractivity contribution is 9.10. The molecule has 1 N–H and O–H groups in total. The Kier molecular flexibility index (Phi) is 5.08. The van der Waals surface area contributed by atoms with Gasteiger partial charge in [-0.25, -0.2) is 0 Å². The van der Waals surface area contributed by atoms with Gasteiger partial charge < -0.3 is 5.32 Å². The summed E-state index contributed by atoms with van der Waals surface area (Å²) in [6.45, 7) is 1.92. The van der Waals surface area contributed by atoms with E-state index in [0.29, 0.717) is 15.6 Å². The van der Waals surface area contributed by atoms with E-state index in [1.807, 2.05) is 19.1 Å². The van der Waals surface area contributed by atoms with Gasteiger partial charge >= 0.3 is 0 Å². The third-order valence-electron chi connectivity index (χ3n) is 2.84. The van der Waals surface area contributed by atoms with Gasteiger partial charge in [-0.1, -0.05) is 51.3 Å². The maximum atomic E-state index is 12.2. The lowest BCUT2D eigenvalue weighted by molar-refractivity contribution is 0.0940. The second-order valence-electron chi connectivity index (χ2n) is 4.40. The lowest BCUT2D eigenvalue weighted by atomic mass is 10.1. The number of carbonyl (C=O) groups is 1. The van der Waals surface area contributed by atoms with Crippen molar-refractivity contribution in [2.75, 3.05) is 0 Å². The third-order valence-corrected chi connectivity index (χ3v) is 3.77. The van der Waals surface area contributed by atoms with Crippen molar-refractivity contribution in [2.45, 2.75) is 13.0 Å². The van der Waals surface area contributed by atoms with E-state index in [0.717, 1.165) is 10.0 Å².